The SMILES string of the molecule is Cc1nc(-c2cn(Cc3ccccc3)nn2)sc1C(=O)CCc1ccccc1. The summed E-state index contributed by atoms with van der Waals surface area (Å²) in [5.74, 6) is 0.127. The number of ketones is 1. The fourth-order valence-corrected chi connectivity index (χ4v) is 4.01. The topological polar surface area (TPSA) is 60.7 Å². The average molecular weight is 388 g/mol. The molecule has 0 amide bonds. The Labute approximate surface area is 167 Å². The van der Waals surface area contributed by atoms with Crippen LogP contribution in [0, 0.1) is 6.92 Å². The van der Waals surface area contributed by atoms with Gasteiger partial charge in [0, 0.05) is 6.42 Å². The number of carbonyl (C=O) groups excluding carboxylic acids is 1. The molecule has 0 saturated heterocycles. The number of hydrogen-bond acceptors (Lipinski definition) is 5. The number of carbonyl (C=O) groups is 1. The predicted molar refractivity (Wildman–Crippen MR) is 111 cm³/mol. The highest BCUT2D eigenvalue weighted by molar-refractivity contribution is 7.17. The molecule has 28 heavy (non-hydrogen) atoms. The highest BCUT2D eigenvalue weighted by Gasteiger charge is 2.18. The zero-order valence-electron chi connectivity index (χ0n) is 15.6. The molecule has 0 aliphatic rings. The Balaban J connectivity index is 1.46. The molecule has 0 atom stereocenters. The molecule has 0 saturated carbocycles. The molecule has 4 aromatic rings. The molecule has 0 aliphatic heterocycles. The van der Waals surface area contributed by atoms with E-state index in [-0.39, 0.29) is 5.78 Å². The van der Waals surface area contributed by atoms with Crippen LogP contribution in [0.15, 0.2) is 66.9 Å². The van der Waals surface area contributed by atoms with Gasteiger partial charge in [-0.2, -0.15) is 0 Å². The lowest BCUT2D eigenvalue weighted by Crippen LogP contribution is -2.00. The first-order valence-corrected chi connectivity index (χ1v) is 9.99. The molecule has 5 nitrogen and oxygen atoms in total. The summed E-state index contributed by atoms with van der Waals surface area (Å²) in [6, 6.07) is 20.2. The van der Waals surface area contributed by atoms with E-state index < -0.39 is 0 Å². The van der Waals surface area contributed by atoms with Gasteiger partial charge in [-0.25, -0.2) is 9.67 Å². The van der Waals surface area contributed by atoms with Crippen LogP contribution in [0.1, 0.15) is 32.9 Å². The summed E-state index contributed by atoms with van der Waals surface area (Å²) in [6.45, 7) is 2.53. The first kappa shape index (κ1) is 18.3. The van der Waals surface area contributed by atoms with Crippen LogP contribution in [0.4, 0.5) is 0 Å². The molecule has 0 spiro atoms. The minimum Gasteiger partial charge on any atom is -0.293 e. The number of aromatic nitrogens is 4. The van der Waals surface area contributed by atoms with Gasteiger partial charge in [0.25, 0.3) is 0 Å². The third-order valence-electron chi connectivity index (χ3n) is 4.48. The summed E-state index contributed by atoms with van der Waals surface area (Å²) >= 11 is 1.40. The van der Waals surface area contributed by atoms with E-state index in [0.717, 1.165) is 22.7 Å². The summed E-state index contributed by atoms with van der Waals surface area (Å²) in [5.41, 5.74) is 3.79. The molecule has 2 aromatic heterocycles. The van der Waals surface area contributed by atoms with E-state index >= 15 is 0 Å². The van der Waals surface area contributed by atoms with Crippen molar-refractivity contribution in [2.75, 3.05) is 0 Å². The van der Waals surface area contributed by atoms with Gasteiger partial charge in [0.05, 0.1) is 23.3 Å². The van der Waals surface area contributed by atoms with E-state index in [9.17, 15) is 4.79 Å². The van der Waals surface area contributed by atoms with Crippen molar-refractivity contribution < 1.29 is 4.79 Å². The second-order valence-electron chi connectivity index (χ2n) is 6.63. The van der Waals surface area contributed by atoms with E-state index in [1.807, 2.05) is 61.7 Å². The molecule has 6 heteroatoms. The van der Waals surface area contributed by atoms with Crippen LogP contribution in [0.5, 0.6) is 0 Å². The second-order valence-corrected chi connectivity index (χ2v) is 7.63. The largest absolute Gasteiger partial charge is 0.293 e. The van der Waals surface area contributed by atoms with Gasteiger partial charge in [-0.15, -0.1) is 16.4 Å². The van der Waals surface area contributed by atoms with Crippen molar-refractivity contribution in [1.82, 2.24) is 20.0 Å². The van der Waals surface area contributed by atoms with Crippen molar-refractivity contribution in [3.63, 3.8) is 0 Å². The minimum atomic E-state index is 0.127. The van der Waals surface area contributed by atoms with Crippen LogP contribution >= 0.6 is 11.3 Å². The summed E-state index contributed by atoms with van der Waals surface area (Å²) in [5, 5.41) is 9.17. The molecule has 0 N–H and O–H groups in total. The third kappa shape index (κ3) is 4.23. The Kier molecular flexibility index (Phi) is 5.39. The van der Waals surface area contributed by atoms with Gasteiger partial charge in [-0.3, -0.25) is 4.79 Å². The lowest BCUT2D eigenvalue weighted by Gasteiger charge is -2.00. The zero-order chi connectivity index (χ0) is 19.3. The van der Waals surface area contributed by atoms with Crippen molar-refractivity contribution in [2.24, 2.45) is 0 Å². The number of rotatable bonds is 7. The van der Waals surface area contributed by atoms with Gasteiger partial charge in [-0.1, -0.05) is 65.9 Å². The molecule has 0 radical (unpaired) electrons. The maximum Gasteiger partial charge on any atom is 0.175 e. The number of benzene rings is 2. The fourth-order valence-electron chi connectivity index (χ4n) is 3.02. The van der Waals surface area contributed by atoms with Crippen molar-refractivity contribution in [2.45, 2.75) is 26.3 Å². The van der Waals surface area contributed by atoms with E-state index in [4.69, 9.17) is 0 Å². The maximum absolute atomic E-state index is 12.7. The van der Waals surface area contributed by atoms with Crippen LogP contribution in [-0.2, 0) is 13.0 Å². The molecule has 2 aromatic carbocycles. The van der Waals surface area contributed by atoms with Gasteiger partial charge in [0.1, 0.15) is 10.7 Å². The van der Waals surface area contributed by atoms with Gasteiger partial charge >= 0.3 is 0 Å². The van der Waals surface area contributed by atoms with Gasteiger partial charge in [-0.05, 0) is 24.5 Å². The summed E-state index contributed by atoms with van der Waals surface area (Å²) in [7, 11) is 0. The highest BCUT2D eigenvalue weighted by Crippen LogP contribution is 2.27. The summed E-state index contributed by atoms with van der Waals surface area (Å²) < 4.78 is 1.79. The minimum absolute atomic E-state index is 0.127. The Morgan fingerprint density at radius 1 is 1.00 bits per heavy atom. The molecular formula is C22H20N4OS. The standard InChI is InChI=1S/C22H20N4OS/c1-16-21(20(27)13-12-17-8-4-2-5-9-17)28-22(23-16)19-15-26(25-24-19)14-18-10-6-3-7-11-18/h2-11,15H,12-14H2,1H3. The Morgan fingerprint density at radius 2 is 1.68 bits per heavy atom. The van der Waals surface area contributed by atoms with Crippen molar-refractivity contribution in [3.8, 4) is 10.7 Å². The van der Waals surface area contributed by atoms with E-state index in [1.165, 1.54) is 16.9 Å². The third-order valence-corrected chi connectivity index (χ3v) is 5.70. The Morgan fingerprint density at radius 3 is 2.39 bits per heavy atom. The predicted octanol–water partition coefficient (Wildman–Crippen LogP) is 4.57. The molecular weight excluding hydrogens is 368 g/mol. The summed E-state index contributed by atoms with van der Waals surface area (Å²) in [6.07, 6.45) is 3.09. The number of aryl methyl sites for hydroxylation is 2. The first-order valence-electron chi connectivity index (χ1n) is 9.18. The number of thiazole rings is 1. The quantitative estimate of drug-likeness (QED) is 0.435. The number of Topliss-reactive ketones (excluding diaryl/α,β-unsaturated/α-hetero) is 1. The van der Waals surface area contributed by atoms with Crippen LogP contribution in [0.25, 0.3) is 10.7 Å². The molecule has 0 bridgehead atoms. The molecule has 4 rings (SSSR count). The van der Waals surface area contributed by atoms with Crippen molar-refractivity contribution >= 4 is 17.1 Å². The Hall–Kier alpha value is -3.12. The smallest absolute Gasteiger partial charge is 0.175 e. The van der Waals surface area contributed by atoms with Crippen LogP contribution < -0.4 is 0 Å². The number of nitrogens with zero attached hydrogens (tertiary/aromatic N) is 4. The van der Waals surface area contributed by atoms with Crippen molar-refractivity contribution in [1.29, 1.82) is 0 Å². The fraction of sp³-hybridized carbons (Fsp3) is 0.182. The summed E-state index contributed by atoms with van der Waals surface area (Å²) in [4.78, 5) is 17.9. The monoisotopic (exact) mass is 388 g/mol. The highest BCUT2D eigenvalue weighted by atomic mass is 32.1. The normalized spacial score (nSPS) is 10.9. The molecule has 140 valence electrons. The van der Waals surface area contributed by atoms with Crippen molar-refractivity contribution in [3.05, 3.63) is 88.6 Å². The van der Waals surface area contributed by atoms with Gasteiger partial charge in [0.2, 0.25) is 0 Å². The molecule has 0 aliphatic carbocycles. The lowest BCUT2D eigenvalue weighted by molar-refractivity contribution is 0.0986. The maximum atomic E-state index is 12.7. The Bertz CT molecular complexity index is 1070. The molecule has 0 fully saturated rings. The first-order chi connectivity index (χ1) is 13.7. The van der Waals surface area contributed by atoms with E-state index in [0.29, 0.717) is 23.5 Å². The molecule has 0 unspecified atom stereocenters. The molecule has 2 heterocycles. The second kappa shape index (κ2) is 8.27. The number of hydrogen-bond donors (Lipinski definition) is 0. The van der Waals surface area contributed by atoms with Crippen LogP contribution in [0.2, 0.25) is 0 Å². The van der Waals surface area contributed by atoms with E-state index in [2.05, 4.69) is 27.4 Å². The zero-order valence-corrected chi connectivity index (χ0v) is 16.4. The van der Waals surface area contributed by atoms with Crippen LogP contribution in [-0.4, -0.2) is 25.8 Å². The lowest BCUT2D eigenvalue weighted by atomic mass is 10.1. The van der Waals surface area contributed by atoms with Gasteiger partial charge in [0.15, 0.2) is 5.78 Å². The van der Waals surface area contributed by atoms with E-state index in [1.54, 1.807) is 4.68 Å². The van der Waals surface area contributed by atoms with Crippen LogP contribution in [0.3, 0.4) is 0 Å². The van der Waals surface area contributed by atoms with Gasteiger partial charge < -0.3 is 0 Å². The average Bonchev–Trinajstić information content (AvgIpc) is 3.34.